The molecule has 0 aliphatic carbocycles. The van der Waals surface area contributed by atoms with Gasteiger partial charge >= 0.3 is 5.97 Å². The molecule has 4 saturated heterocycles. The zero-order chi connectivity index (χ0) is 42.7. The summed E-state index contributed by atoms with van der Waals surface area (Å²) >= 11 is 0. The van der Waals surface area contributed by atoms with Crippen LogP contribution < -0.4 is 10.6 Å². The Morgan fingerprint density at radius 3 is 1.77 bits per heavy atom. The lowest BCUT2D eigenvalue weighted by molar-refractivity contribution is -0.400. The number of hydrogen-bond donors (Lipinski definition) is 16. The van der Waals surface area contributed by atoms with Crippen molar-refractivity contribution in [3.8, 4) is 0 Å². The molecule has 4 heterocycles. The number of carboxylic acids is 1. The highest BCUT2D eigenvalue weighted by Crippen LogP contribution is 2.40. The van der Waals surface area contributed by atoms with Crippen LogP contribution in [-0.4, -0.2) is 244 Å². The van der Waals surface area contributed by atoms with Crippen LogP contribution in [0.3, 0.4) is 0 Å². The fourth-order valence-electron chi connectivity index (χ4n) is 7.05. The SMILES string of the molecule is CC(=O)N[C@H]1[C@H](O[C@@H]2[C@H](O[C@]3(C(=O)O)C[C@H](O)[C@@H](NC(C)=O)[C@H]([C@H](O)[C@H](O)CO)O3)[C@@H](O)[C@H](O[C@H]3[C@H](O)[C@@H](O)C(O)O[C@@H]3CO)O[C@@H]2CO)O[C@H](CO)[C@H](O)[C@@H]1O. The Hall–Kier alpha value is -2.39. The van der Waals surface area contributed by atoms with Crippen molar-refractivity contribution >= 4 is 17.8 Å². The molecular weight excluding hydrogens is 784 g/mol. The first-order valence-corrected chi connectivity index (χ1v) is 17.7. The molecule has 4 fully saturated rings. The van der Waals surface area contributed by atoms with E-state index >= 15 is 0 Å². The molecule has 4 aliphatic heterocycles. The molecule has 21 atom stereocenters. The third-order valence-electron chi connectivity index (χ3n) is 9.98. The Kier molecular flexibility index (Phi) is 16.4. The molecule has 0 radical (unpaired) electrons. The van der Waals surface area contributed by atoms with Crippen LogP contribution in [0.1, 0.15) is 20.3 Å². The first kappa shape index (κ1) is 47.3. The van der Waals surface area contributed by atoms with Gasteiger partial charge in [-0.2, -0.15) is 0 Å². The van der Waals surface area contributed by atoms with Gasteiger partial charge in [-0.25, -0.2) is 4.79 Å². The molecule has 57 heavy (non-hydrogen) atoms. The van der Waals surface area contributed by atoms with Gasteiger partial charge in [0.2, 0.25) is 11.8 Å². The average molecular weight is 837 g/mol. The van der Waals surface area contributed by atoms with Gasteiger partial charge in [0.05, 0.1) is 38.6 Å². The number of aliphatic carboxylic acids is 1. The number of carboxylic acid groups (broad SMARTS) is 1. The fraction of sp³-hybridized carbons (Fsp3) is 0.903. The molecule has 0 aromatic heterocycles. The molecule has 1 unspecified atom stereocenters. The highest BCUT2D eigenvalue weighted by Gasteiger charge is 2.61. The number of ether oxygens (including phenoxy) is 7. The lowest BCUT2D eigenvalue weighted by atomic mass is 9.88. The Morgan fingerprint density at radius 1 is 0.684 bits per heavy atom. The fourth-order valence-corrected chi connectivity index (χ4v) is 7.05. The highest BCUT2D eigenvalue weighted by atomic mass is 16.8. The third kappa shape index (κ3) is 10.2. The van der Waals surface area contributed by atoms with Gasteiger partial charge in [0.1, 0.15) is 91.5 Å². The van der Waals surface area contributed by atoms with Gasteiger partial charge in [0.25, 0.3) is 5.79 Å². The van der Waals surface area contributed by atoms with Crippen molar-refractivity contribution in [1.82, 2.24) is 10.6 Å². The van der Waals surface area contributed by atoms with E-state index in [1.807, 2.05) is 0 Å². The molecule has 26 nitrogen and oxygen atoms in total. The van der Waals surface area contributed by atoms with Crippen LogP contribution in [0.5, 0.6) is 0 Å². The summed E-state index contributed by atoms with van der Waals surface area (Å²) < 4.78 is 39.7. The van der Waals surface area contributed by atoms with Gasteiger partial charge in [0.15, 0.2) is 18.9 Å². The number of hydrogen-bond acceptors (Lipinski definition) is 23. The van der Waals surface area contributed by atoms with Crippen molar-refractivity contribution in [3.63, 3.8) is 0 Å². The minimum atomic E-state index is -3.22. The predicted molar refractivity (Wildman–Crippen MR) is 174 cm³/mol. The number of carbonyl (C=O) groups is 3. The summed E-state index contributed by atoms with van der Waals surface area (Å²) in [5, 5.41) is 151. The van der Waals surface area contributed by atoms with E-state index in [0.717, 1.165) is 13.8 Å². The maximum absolute atomic E-state index is 13.1. The van der Waals surface area contributed by atoms with Gasteiger partial charge in [0, 0.05) is 20.3 Å². The minimum absolute atomic E-state index is 0.803. The Balaban J connectivity index is 1.82. The summed E-state index contributed by atoms with van der Waals surface area (Å²) in [5.74, 6) is -6.92. The average Bonchev–Trinajstić information content (AvgIpc) is 3.16. The van der Waals surface area contributed by atoms with Crippen LogP contribution in [0.2, 0.25) is 0 Å². The van der Waals surface area contributed by atoms with E-state index in [1.54, 1.807) is 0 Å². The highest BCUT2D eigenvalue weighted by molar-refractivity contribution is 5.76. The van der Waals surface area contributed by atoms with Crippen molar-refractivity contribution in [3.05, 3.63) is 0 Å². The van der Waals surface area contributed by atoms with Crippen molar-refractivity contribution in [2.75, 3.05) is 26.4 Å². The first-order valence-electron chi connectivity index (χ1n) is 17.7. The molecule has 0 spiro atoms. The molecule has 2 amide bonds. The predicted octanol–water partition coefficient (Wildman–Crippen LogP) is -10.3. The number of rotatable bonds is 15. The van der Waals surface area contributed by atoms with Crippen molar-refractivity contribution < 1.29 is 119 Å². The number of aliphatic hydroxyl groups excluding tert-OH is 13. The Bertz CT molecular complexity index is 1350. The lowest BCUT2D eigenvalue weighted by Gasteiger charge is -2.52. The van der Waals surface area contributed by atoms with Crippen LogP contribution in [0.4, 0.5) is 0 Å². The van der Waals surface area contributed by atoms with E-state index in [4.69, 9.17) is 33.2 Å². The third-order valence-corrected chi connectivity index (χ3v) is 9.98. The van der Waals surface area contributed by atoms with E-state index in [9.17, 15) is 85.9 Å². The van der Waals surface area contributed by atoms with Crippen molar-refractivity contribution in [2.24, 2.45) is 0 Å². The minimum Gasteiger partial charge on any atom is -0.477 e. The van der Waals surface area contributed by atoms with Gasteiger partial charge in [-0.15, -0.1) is 0 Å². The number of amides is 2. The van der Waals surface area contributed by atoms with Crippen LogP contribution >= 0.6 is 0 Å². The molecule has 16 N–H and O–H groups in total. The van der Waals surface area contributed by atoms with E-state index in [2.05, 4.69) is 10.6 Å². The van der Waals surface area contributed by atoms with E-state index < -0.39 is 179 Å². The number of nitrogens with one attached hydrogen (secondary N) is 2. The van der Waals surface area contributed by atoms with Gasteiger partial charge in [-0.3, -0.25) is 9.59 Å². The summed E-state index contributed by atoms with van der Waals surface area (Å²) in [6.45, 7) is -2.13. The van der Waals surface area contributed by atoms with Gasteiger partial charge < -0.3 is 115 Å². The summed E-state index contributed by atoms with van der Waals surface area (Å²) in [4.78, 5) is 37.3. The smallest absolute Gasteiger partial charge is 0.364 e. The molecule has 0 aromatic rings. The topological polar surface area (TPSA) is 423 Å². The van der Waals surface area contributed by atoms with Gasteiger partial charge in [-0.1, -0.05) is 0 Å². The summed E-state index contributed by atoms with van der Waals surface area (Å²) in [5.41, 5.74) is 0. The molecular formula is C31H52N2O24. The van der Waals surface area contributed by atoms with Crippen LogP contribution in [0.15, 0.2) is 0 Å². The van der Waals surface area contributed by atoms with E-state index in [1.165, 1.54) is 0 Å². The van der Waals surface area contributed by atoms with E-state index in [0.29, 0.717) is 0 Å². The Morgan fingerprint density at radius 2 is 1.23 bits per heavy atom. The largest absolute Gasteiger partial charge is 0.477 e. The van der Waals surface area contributed by atoms with Crippen molar-refractivity contribution in [1.29, 1.82) is 0 Å². The second kappa shape index (κ2) is 19.8. The molecule has 330 valence electrons. The molecule has 4 aliphatic rings. The zero-order valence-corrected chi connectivity index (χ0v) is 30.4. The summed E-state index contributed by atoms with van der Waals surface area (Å²) in [7, 11) is 0. The standard InChI is InChI=1S/C31H52N2O24/c1-8(38)32-15-10(40)3-31(30(49)50,56-25(15)17(42)11(41)4-34)57-26-22(47)29(54-23-13(6-36)51-27(48)21(46)20(23)45)53-14(7-37)24(26)55-28-16(33-9(2)39)19(44)18(43)12(5-35)52-28/h10-29,34-37,40-48H,3-7H2,1-2H3,(H,32,38)(H,33,39)(H,49,50)/t10-,11+,12+,13+,14+,15+,16+,17+,18-,19+,20+,21+,22+,23+,24-,25+,26+,27?,28-,29-,31-/m0/s1. The van der Waals surface area contributed by atoms with Gasteiger partial charge in [-0.05, 0) is 0 Å². The monoisotopic (exact) mass is 836 g/mol. The van der Waals surface area contributed by atoms with E-state index in [-0.39, 0.29) is 0 Å². The van der Waals surface area contributed by atoms with Crippen LogP contribution in [-0.2, 0) is 47.5 Å². The van der Waals surface area contributed by atoms with Crippen LogP contribution in [0.25, 0.3) is 0 Å². The molecule has 26 heteroatoms. The Labute approximate surface area is 322 Å². The summed E-state index contributed by atoms with van der Waals surface area (Å²) in [6.07, 6.45) is -37.1. The van der Waals surface area contributed by atoms with Crippen LogP contribution in [0, 0.1) is 0 Å². The van der Waals surface area contributed by atoms with Crippen molar-refractivity contribution in [2.45, 2.75) is 149 Å². The second-order valence-electron chi connectivity index (χ2n) is 14.0. The zero-order valence-electron chi connectivity index (χ0n) is 30.4. The number of aliphatic hydroxyl groups is 13. The lowest BCUT2D eigenvalue weighted by Crippen LogP contribution is -2.72. The maximum Gasteiger partial charge on any atom is 0.364 e. The molecule has 0 aromatic carbocycles. The quantitative estimate of drug-likeness (QED) is 0.0728. The normalized spacial score (nSPS) is 45.1. The molecule has 0 bridgehead atoms. The number of carbonyl (C=O) groups excluding carboxylic acids is 2. The second-order valence-corrected chi connectivity index (χ2v) is 14.0. The maximum atomic E-state index is 13.1. The molecule has 0 saturated carbocycles. The first-order chi connectivity index (χ1) is 26.7. The summed E-state index contributed by atoms with van der Waals surface area (Å²) in [6, 6.07) is -3.34. The molecule has 4 rings (SSSR count).